The Hall–Kier alpha value is -2.40. The molecule has 1 amide bonds. The molecule has 5 nitrogen and oxygen atoms in total. The van der Waals surface area contributed by atoms with Gasteiger partial charge in [0.15, 0.2) is 0 Å². The van der Waals surface area contributed by atoms with Crippen molar-refractivity contribution in [3.63, 3.8) is 0 Å². The summed E-state index contributed by atoms with van der Waals surface area (Å²) in [5, 5.41) is 24.9. The van der Waals surface area contributed by atoms with Gasteiger partial charge in [0.25, 0.3) is 5.91 Å². The van der Waals surface area contributed by atoms with E-state index in [0.717, 1.165) is 0 Å². The van der Waals surface area contributed by atoms with Gasteiger partial charge >= 0.3 is 0 Å². The Morgan fingerprint density at radius 1 is 1.19 bits per heavy atom. The number of phenolic OH excluding ortho intramolecular Hbond substituents is 2. The van der Waals surface area contributed by atoms with Crippen LogP contribution in [0.3, 0.4) is 0 Å². The van der Waals surface area contributed by atoms with Gasteiger partial charge in [-0.05, 0) is 30.3 Å². The molecule has 0 aromatic heterocycles. The summed E-state index contributed by atoms with van der Waals surface area (Å²) in [6, 6.07) is 9.40. The molecule has 110 valence electrons. The number of amides is 1. The highest BCUT2D eigenvalue weighted by Crippen LogP contribution is 2.25. The minimum atomic E-state index is -0.267. The first-order valence-electron chi connectivity index (χ1n) is 6.27. The van der Waals surface area contributed by atoms with Gasteiger partial charge < -0.3 is 20.8 Å². The first kappa shape index (κ1) is 15.0. The van der Waals surface area contributed by atoms with Gasteiger partial charge in [-0.15, -0.1) is 0 Å². The number of anilines is 1. The smallest absolute Gasteiger partial charge is 0.252 e. The molecule has 4 N–H and O–H groups in total. The molecule has 0 saturated heterocycles. The van der Waals surface area contributed by atoms with Crippen LogP contribution in [0.2, 0.25) is 5.02 Å². The van der Waals surface area contributed by atoms with Gasteiger partial charge in [0.1, 0.15) is 11.5 Å². The summed E-state index contributed by atoms with van der Waals surface area (Å²) in [7, 11) is 1.53. The van der Waals surface area contributed by atoms with Gasteiger partial charge in [-0.1, -0.05) is 11.6 Å². The number of rotatable bonds is 4. The maximum absolute atomic E-state index is 11.7. The summed E-state index contributed by atoms with van der Waals surface area (Å²) in [5.41, 5.74) is 1.70. The minimum Gasteiger partial charge on any atom is -0.508 e. The summed E-state index contributed by atoms with van der Waals surface area (Å²) < 4.78 is 0. The second-order valence-electron chi connectivity index (χ2n) is 4.44. The Labute approximate surface area is 127 Å². The summed E-state index contributed by atoms with van der Waals surface area (Å²) in [4.78, 5) is 11.7. The molecule has 2 rings (SSSR count). The van der Waals surface area contributed by atoms with E-state index in [2.05, 4.69) is 10.6 Å². The molecule has 0 bridgehead atoms. The zero-order chi connectivity index (χ0) is 15.4. The maximum atomic E-state index is 11.7. The van der Waals surface area contributed by atoms with Crippen molar-refractivity contribution in [3.05, 3.63) is 52.5 Å². The topological polar surface area (TPSA) is 81.6 Å². The van der Waals surface area contributed by atoms with Crippen LogP contribution in [-0.2, 0) is 6.54 Å². The van der Waals surface area contributed by atoms with E-state index in [4.69, 9.17) is 11.6 Å². The van der Waals surface area contributed by atoms with Crippen LogP contribution >= 0.6 is 11.6 Å². The predicted octanol–water partition coefficient (Wildman–Crippen LogP) is 2.72. The average molecular weight is 307 g/mol. The molecule has 0 aliphatic heterocycles. The number of phenols is 2. The normalized spacial score (nSPS) is 10.2. The number of halogens is 1. The number of benzene rings is 2. The molecule has 21 heavy (non-hydrogen) atoms. The number of carbonyl (C=O) groups is 1. The predicted molar refractivity (Wildman–Crippen MR) is 81.9 cm³/mol. The Kier molecular flexibility index (Phi) is 4.55. The lowest BCUT2D eigenvalue weighted by atomic mass is 10.1. The summed E-state index contributed by atoms with van der Waals surface area (Å²) in [6.45, 7) is 0.348. The standard InChI is InChI=1S/C15H15ClN2O3/c1-17-15(21)12-6-10(3-5-13(12)16)18-8-9-2-4-11(19)7-14(9)20/h2-7,18-20H,8H2,1H3,(H,17,21). The maximum Gasteiger partial charge on any atom is 0.252 e. The average Bonchev–Trinajstić information content (AvgIpc) is 2.47. The van der Waals surface area contributed by atoms with Crippen LogP contribution in [0.5, 0.6) is 11.5 Å². The van der Waals surface area contributed by atoms with Crippen molar-refractivity contribution >= 4 is 23.2 Å². The highest BCUT2D eigenvalue weighted by molar-refractivity contribution is 6.34. The Morgan fingerprint density at radius 2 is 1.95 bits per heavy atom. The molecule has 0 spiro atoms. The molecular formula is C15H15ClN2O3. The Balaban J connectivity index is 2.15. The second kappa shape index (κ2) is 6.37. The van der Waals surface area contributed by atoms with E-state index in [9.17, 15) is 15.0 Å². The van der Waals surface area contributed by atoms with Crippen molar-refractivity contribution in [1.82, 2.24) is 5.32 Å². The molecule has 0 atom stereocenters. The summed E-state index contributed by atoms with van der Waals surface area (Å²) in [6.07, 6.45) is 0. The van der Waals surface area contributed by atoms with Gasteiger partial charge in [0.05, 0.1) is 10.6 Å². The van der Waals surface area contributed by atoms with Crippen LogP contribution in [0.4, 0.5) is 5.69 Å². The van der Waals surface area contributed by atoms with Crippen molar-refractivity contribution in [3.8, 4) is 11.5 Å². The Bertz CT molecular complexity index is 674. The minimum absolute atomic E-state index is 0.00277. The molecule has 0 aliphatic rings. The highest BCUT2D eigenvalue weighted by atomic mass is 35.5. The van der Waals surface area contributed by atoms with Crippen LogP contribution in [-0.4, -0.2) is 23.2 Å². The first-order valence-corrected chi connectivity index (χ1v) is 6.65. The van der Waals surface area contributed by atoms with Crippen molar-refractivity contribution in [1.29, 1.82) is 0 Å². The van der Waals surface area contributed by atoms with Crippen LogP contribution in [0.15, 0.2) is 36.4 Å². The number of nitrogens with one attached hydrogen (secondary N) is 2. The lowest BCUT2D eigenvalue weighted by Crippen LogP contribution is -2.18. The van der Waals surface area contributed by atoms with Crippen molar-refractivity contribution < 1.29 is 15.0 Å². The van der Waals surface area contributed by atoms with Crippen molar-refractivity contribution in [2.24, 2.45) is 0 Å². The summed E-state index contributed by atoms with van der Waals surface area (Å²) >= 11 is 5.97. The van der Waals surface area contributed by atoms with Gasteiger partial charge in [0, 0.05) is 30.9 Å². The quantitative estimate of drug-likeness (QED) is 0.700. The van der Waals surface area contributed by atoms with Crippen LogP contribution in [0.1, 0.15) is 15.9 Å². The first-order chi connectivity index (χ1) is 10.0. The number of hydrogen-bond donors (Lipinski definition) is 4. The summed E-state index contributed by atoms with van der Waals surface area (Å²) in [5.74, 6) is -0.260. The van der Waals surface area contributed by atoms with E-state index in [0.29, 0.717) is 28.4 Å². The van der Waals surface area contributed by atoms with Crippen molar-refractivity contribution in [2.75, 3.05) is 12.4 Å². The molecule has 0 unspecified atom stereocenters. The van der Waals surface area contributed by atoms with E-state index in [1.807, 2.05) is 0 Å². The van der Waals surface area contributed by atoms with Gasteiger partial charge in [-0.2, -0.15) is 0 Å². The third-order valence-corrected chi connectivity index (χ3v) is 3.32. The second-order valence-corrected chi connectivity index (χ2v) is 4.85. The third-order valence-electron chi connectivity index (χ3n) is 2.99. The SMILES string of the molecule is CNC(=O)c1cc(NCc2ccc(O)cc2O)ccc1Cl. The molecule has 0 aliphatic carbocycles. The number of hydrogen-bond acceptors (Lipinski definition) is 4. The fraction of sp³-hybridized carbons (Fsp3) is 0.133. The number of aromatic hydroxyl groups is 2. The zero-order valence-corrected chi connectivity index (χ0v) is 12.1. The van der Waals surface area contributed by atoms with Gasteiger partial charge in [-0.25, -0.2) is 0 Å². The molecule has 2 aromatic rings. The molecule has 0 fully saturated rings. The molecule has 2 aromatic carbocycles. The largest absolute Gasteiger partial charge is 0.508 e. The third kappa shape index (κ3) is 3.58. The number of carbonyl (C=O) groups excluding carboxylic acids is 1. The van der Waals surface area contributed by atoms with E-state index in [-0.39, 0.29) is 17.4 Å². The van der Waals surface area contributed by atoms with E-state index < -0.39 is 0 Å². The molecule has 6 heteroatoms. The fourth-order valence-electron chi connectivity index (χ4n) is 1.84. The lowest BCUT2D eigenvalue weighted by Gasteiger charge is -2.10. The van der Waals surface area contributed by atoms with Gasteiger partial charge in [-0.3, -0.25) is 4.79 Å². The lowest BCUT2D eigenvalue weighted by molar-refractivity contribution is 0.0963. The molecule has 0 radical (unpaired) electrons. The van der Waals surface area contributed by atoms with Crippen LogP contribution < -0.4 is 10.6 Å². The molecule has 0 saturated carbocycles. The Morgan fingerprint density at radius 3 is 2.62 bits per heavy atom. The van der Waals surface area contributed by atoms with Crippen LogP contribution in [0.25, 0.3) is 0 Å². The molecular weight excluding hydrogens is 292 g/mol. The van der Waals surface area contributed by atoms with Crippen LogP contribution in [0, 0.1) is 0 Å². The van der Waals surface area contributed by atoms with Gasteiger partial charge in [0.2, 0.25) is 0 Å². The highest BCUT2D eigenvalue weighted by Gasteiger charge is 2.10. The van der Waals surface area contributed by atoms with Crippen molar-refractivity contribution in [2.45, 2.75) is 6.54 Å². The zero-order valence-electron chi connectivity index (χ0n) is 11.4. The van der Waals surface area contributed by atoms with E-state index in [1.54, 1.807) is 24.3 Å². The van der Waals surface area contributed by atoms with E-state index >= 15 is 0 Å². The monoisotopic (exact) mass is 306 g/mol. The van der Waals surface area contributed by atoms with E-state index in [1.165, 1.54) is 19.2 Å². The fourth-order valence-corrected chi connectivity index (χ4v) is 2.05. The molecule has 0 heterocycles.